The molecule has 0 aliphatic rings. The van der Waals surface area contributed by atoms with E-state index < -0.39 is 0 Å². The van der Waals surface area contributed by atoms with Crippen molar-refractivity contribution in [2.75, 3.05) is 27.2 Å². The second-order valence-electron chi connectivity index (χ2n) is 2.11. The van der Waals surface area contributed by atoms with E-state index in [0.29, 0.717) is 6.04 Å². The van der Waals surface area contributed by atoms with Gasteiger partial charge in [-0.2, -0.15) is 0 Å². The van der Waals surface area contributed by atoms with E-state index in [0.717, 1.165) is 19.5 Å². The van der Waals surface area contributed by atoms with E-state index in [1.165, 1.54) is 0 Å². The van der Waals surface area contributed by atoms with Crippen molar-refractivity contribution in [2.45, 2.75) is 12.5 Å². The van der Waals surface area contributed by atoms with Gasteiger partial charge in [-0.1, -0.05) is 0 Å². The van der Waals surface area contributed by atoms with Gasteiger partial charge in [-0.25, -0.2) is 0 Å². The van der Waals surface area contributed by atoms with Crippen molar-refractivity contribution in [3.05, 3.63) is 0 Å². The average Bonchev–Trinajstić information content (AvgIpc) is 1.91. The normalized spacial score (nSPS) is 13.7. The maximum atomic E-state index is 5.43. The molecule has 0 saturated carbocycles. The fourth-order valence-electron chi connectivity index (χ4n) is 0.699. The van der Waals surface area contributed by atoms with Crippen molar-refractivity contribution in [2.24, 2.45) is 5.73 Å². The molecule has 0 aliphatic carbocycles. The summed E-state index contributed by atoms with van der Waals surface area (Å²) in [6, 6.07) is 0.470. The second-order valence-corrected chi connectivity index (χ2v) is 2.11. The molecule has 0 amide bonds. The van der Waals surface area contributed by atoms with Gasteiger partial charge in [0.1, 0.15) is 0 Å². The van der Waals surface area contributed by atoms with Crippen LogP contribution in [-0.2, 0) is 0 Å². The first kappa shape index (κ1) is 8.88. The predicted octanol–water partition coefficient (Wildman–Crippen LogP) is -0.857. The van der Waals surface area contributed by atoms with Crippen LogP contribution < -0.4 is 16.4 Å². The zero-order valence-electron chi connectivity index (χ0n) is 6.28. The van der Waals surface area contributed by atoms with Crippen molar-refractivity contribution in [1.82, 2.24) is 10.6 Å². The fourth-order valence-corrected chi connectivity index (χ4v) is 0.699. The van der Waals surface area contributed by atoms with Crippen LogP contribution in [0, 0.1) is 0 Å². The highest BCUT2D eigenvalue weighted by Crippen LogP contribution is 1.84. The molecule has 0 radical (unpaired) electrons. The molecule has 0 aliphatic heterocycles. The van der Waals surface area contributed by atoms with Crippen LogP contribution in [0.4, 0.5) is 0 Å². The van der Waals surface area contributed by atoms with E-state index in [-0.39, 0.29) is 0 Å². The summed E-state index contributed by atoms with van der Waals surface area (Å²) < 4.78 is 0. The van der Waals surface area contributed by atoms with Crippen LogP contribution >= 0.6 is 0 Å². The summed E-state index contributed by atoms with van der Waals surface area (Å²) in [7, 11) is 3.89. The molecule has 0 saturated heterocycles. The van der Waals surface area contributed by atoms with Crippen LogP contribution in [0.3, 0.4) is 0 Å². The molecule has 0 unspecified atom stereocenters. The zero-order chi connectivity index (χ0) is 7.11. The lowest BCUT2D eigenvalue weighted by Gasteiger charge is -2.11. The Hall–Kier alpha value is -0.120. The minimum Gasteiger partial charge on any atom is -0.329 e. The molecule has 0 aromatic rings. The van der Waals surface area contributed by atoms with Gasteiger partial charge in [-0.05, 0) is 27.1 Å². The van der Waals surface area contributed by atoms with Gasteiger partial charge in [0.2, 0.25) is 0 Å². The molecule has 0 aromatic heterocycles. The maximum Gasteiger partial charge on any atom is 0.0199 e. The molecule has 0 bridgehead atoms. The molecular formula is C6H17N3. The summed E-state index contributed by atoms with van der Waals surface area (Å²) in [4.78, 5) is 0. The highest BCUT2D eigenvalue weighted by atomic mass is 14.9. The topological polar surface area (TPSA) is 50.1 Å². The largest absolute Gasteiger partial charge is 0.329 e. The van der Waals surface area contributed by atoms with Crippen molar-refractivity contribution in [1.29, 1.82) is 0 Å². The highest BCUT2D eigenvalue weighted by molar-refractivity contribution is 4.64. The number of likely N-dealkylation sites (N-methyl/N-ethyl adjacent to an activating group) is 1. The Morgan fingerprint density at radius 1 is 1.44 bits per heavy atom. The Morgan fingerprint density at radius 2 is 2.11 bits per heavy atom. The quantitative estimate of drug-likeness (QED) is 0.455. The van der Waals surface area contributed by atoms with Crippen LogP contribution in [-0.4, -0.2) is 33.2 Å². The third-order valence-electron chi connectivity index (χ3n) is 1.44. The first-order valence-electron chi connectivity index (χ1n) is 3.37. The van der Waals surface area contributed by atoms with E-state index >= 15 is 0 Å². The zero-order valence-corrected chi connectivity index (χ0v) is 6.28. The lowest BCUT2D eigenvalue weighted by Crippen LogP contribution is -2.35. The molecule has 56 valence electrons. The van der Waals surface area contributed by atoms with Gasteiger partial charge < -0.3 is 16.4 Å². The highest BCUT2D eigenvalue weighted by Gasteiger charge is 1.99. The molecule has 0 rings (SSSR count). The third kappa shape index (κ3) is 4.39. The molecule has 4 N–H and O–H groups in total. The van der Waals surface area contributed by atoms with Gasteiger partial charge in [-0.15, -0.1) is 0 Å². The number of rotatable bonds is 5. The van der Waals surface area contributed by atoms with Crippen LogP contribution in [0.2, 0.25) is 0 Å². The number of nitrogens with one attached hydrogen (secondary N) is 2. The van der Waals surface area contributed by atoms with Crippen molar-refractivity contribution < 1.29 is 0 Å². The van der Waals surface area contributed by atoms with Crippen molar-refractivity contribution in [3.63, 3.8) is 0 Å². The van der Waals surface area contributed by atoms with Gasteiger partial charge >= 0.3 is 0 Å². The summed E-state index contributed by atoms with van der Waals surface area (Å²) in [5, 5.41) is 6.19. The average molecular weight is 131 g/mol. The van der Waals surface area contributed by atoms with Gasteiger partial charge in [0.05, 0.1) is 0 Å². The van der Waals surface area contributed by atoms with Crippen molar-refractivity contribution in [3.8, 4) is 0 Å². The summed E-state index contributed by atoms with van der Waals surface area (Å²) in [6.07, 6.45) is 1.10. The Bertz CT molecular complexity index is 52.3. The Morgan fingerprint density at radius 3 is 2.44 bits per heavy atom. The fraction of sp³-hybridized carbons (Fsp3) is 1.00. The monoisotopic (exact) mass is 131 g/mol. The number of hydrogen-bond donors (Lipinski definition) is 3. The van der Waals surface area contributed by atoms with Crippen molar-refractivity contribution >= 4 is 0 Å². The van der Waals surface area contributed by atoms with Crippen LogP contribution in [0.15, 0.2) is 0 Å². The number of nitrogens with two attached hydrogens (primary N) is 1. The van der Waals surface area contributed by atoms with Gasteiger partial charge in [-0.3, -0.25) is 0 Å². The standard InChI is InChI=1S/C6H17N3/c1-8-4-3-6(5-7)9-2/h6,8-9H,3-5,7H2,1-2H3/t6-/m0/s1. The summed E-state index contributed by atoms with van der Waals surface area (Å²) in [6.45, 7) is 1.75. The minimum absolute atomic E-state index is 0.470. The minimum atomic E-state index is 0.470. The van der Waals surface area contributed by atoms with Gasteiger partial charge in [0, 0.05) is 12.6 Å². The molecule has 1 atom stereocenters. The lowest BCUT2D eigenvalue weighted by atomic mass is 10.2. The van der Waals surface area contributed by atoms with Gasteiger partial charge in [0.15, 0.2) is 0 Å². The SMILES string of the molecule is CNCC[C@@H](CN)NC. The van der Waals surface area contributed by atoms with Crippen LogP contribution in [0.25, 0.3) is 0 Å². The first-order chi connectivity index (χ1) is 4.35. The smallest absolute Gasteiger partial charge is 0.0199 e. The second kappa shape index (κ2) is 6.01. The van der Waals surface area contributed by atoms with E-state index in [9.17, 15) is 0 Å². The Labute approximate surface area is 57.0 Å². The molecule has 9 heavy (non-hydrogen) atoms. The molecule has 3 nitrogen and oxygen atoms in total. The Kier molecular flexibility index (Phi) is 5.93. The third-order valence-corrected chi connectivity index (χ3v) is 1.44. The first-order valence-corrected chi connectivity index (χ1v) is 3.37. The van der Waals surface area contributed by atoms with E-state index in [4.69, 9.17) is 5.73 Å². The van der Waals surface area contributed by atoms with Gasteiger partial charge in [0.25, 0.3) is 0 Å². The molecule has 0 spiro atoms. The Balaban J connectivity index is 3.09. The van der Waals surface area contributed by atoms with E-state index in [1.807, 2.05) is 14.1 Å². The van der Waals surface area contributed by atoms with E-state index in [1.54, 1.807) is 0 Å². The van der Waals surface area contributed by atoms with Crippen LogP contribution in [0.1, 0.15) is 6.42 Å². The summed E-state index contributed by atoms with van der Waals surface area (Å²) in [5.41, 5.74) is 5.43. The summed E-state index contributed by atoms with van der Waals surface area (Å²) >= 11 is 0. The molecule has 0 fully saturated rings. The number of hydrogen-bond acceptors (Lipinski definition) is 3. The van der Waals surface area contributed by atoms with E-state index in [2.05, 4.69) is 10.6 Å². The molecule has 0 heterocycles. The van der Waals surface area contributed by atoms with Crippen LogP contribution in [0.5, 0.6) is 0 Å². The lowest BCUT2D eigenvalue weighted by molar-refractivity contribution is 0.519. The summed E-state index contributed by atoms with van der Waals surface area (Å²) in [5.74, 6) is 0. The molecular weight excluding hydrogens is 114 g/mol. The molecule has 0 aromatic carbocycles. The molecule has 3 heteroatoms. The predicted molar refractivity (Wildman–Crippen MR) is 40.4 cm³/mol. The maximum absolute atomic E-state index is 5.43.